The number of likely N-dealkylation sites (tertiary alicyclic amines) is 2. The lowest BCUT2D eigenvalue weighted by molar-refractivity contribution is -0.127. The molecule has 192 valence electrons. The van der Waals surface area contributed by atoms with E-state index in [0.717, 1.165) is 18.2 Å². The number of hydrogen-bond donors (Lipinski definition) is 0. The van der Waals surface area contributed by atoms with Crippen molar-refractivity contribution in [3.05, 3.63) is 71.6 Å². The fourth-order valence-corrected chi connectivity index (χ4v) is 5.77. The number of benzene rings is 1. The van der Waals surface area contributed by atoms with E-state index in [0.29, 0.717) is 49.9 Å². The minimum atomic E-state index is -0.835. The van der Waals surface area contributed by atoms with Crippen molar-refractivity contribution in [2.24, 2.45) is 5.41 Å². The van der Waals surface area contributed by atoms with Crippen molar-refractivity contribution >= 4 is 23.6 Å². The highest BCUT2D eigenvalue weighted by Gasteiger charge is 2.43. The second-order valence-corrected chi connectivity index (χ2v) is 10.6. The maximum absolute atomic E-state index is 14.5. The van der Waals surface area contributed by atoms with E-state index in [-0.39, 0.29) is 22.6 Å². The Labute approximate surface area is 218 Å². The maximum Gasteiger partial charge on any atom is 0.259 e. The van der Waals surface area contributed by atoms with Crippen LogP contribution in [0, 0.1) is 24.0 Å². The van der Waals surface area contributed by atoms with Crippen molar-refractivity contribution in [3.8, 4) is 11.4 Å². The summed E-state index contributed by atoms with van der Waals surface area (Å²) in [7, 11) is 0. The molecule has 7 nitrogen and oxygen atoms in total. The number of rotatable bonds is 5. The van der Waals surface area contributed by atoms with Gasteiger partial charge in [-0.1, -0.05) is 23.9 Å². The number of hydrogen-bond acceptors (Lipinski definition) is 6. The van der Waals surface area contributed by atoms with Gasteiger partial charge in [0.1, 0.15) is 17.2 Å². The highest BCUT2D eigenvalue weighted by atomic mass is 32.2. The molecular formula is C27H27F2N5O2S. The van der Waals surface area contributed by atoms with Gasteiger partial charge in [0.25, 0.3) is 5.91 Å². The molecular weight excluding hydrogens is 496 g/mol. The van der Waals surface area contributed by atoms with E-state index in [1.54, 1.807) is 18.5 Å². The lowest BCUT2D eigenvalue weighted by Crippen LogP contribution is -2.45. The summed E-state index contributed by atoms with van der Waals surface area (Å²) in [5.41, 5.74) is 1.14. The number of thioether (sulfide) groups is 1. The van der Waals surface area contributed by atoms with Crippen LogP contribution in [0.15, 0.2) is 53.9 Å². The van der Waals surface area contributed by atoms with E-state index in [9.17, 15) is 18.4 Å². The highest BCUT2D eigenvalue weighted by molar-refractivity contribution is 7.99. The number of halogens is 2. The molecule has 0 radical (unpaired) electrons. The van der Waals surface area contributed by atoms with Crippen LogP contribution >= 0.6 is 11.8 Å². The Morgan fingerprint density at radius 3 is 2.43 bits per heavy atom. The molecule has 0 atom stereocenters. The van der Waals surface area contributed by atoms with Crippen LogP contribution < -0.4 is 0 Å². The van der Waals surface area contributed by atoms with Crippen molar-refractivity contribution in [2.75, 3.05) is 31.9 Å². The Hall–Kier alpha value is -3.40. The zero-order valence-electron chi connectivity index (χ0n) is 20.5. The third kappa shape index (κ3) is 5.34. The maximum atomic E-state index is 14.5. The number of aryl methyl sites for hydroxylation is 1. The Kier molecular flexibility index (Phi) is 7.19. The topological polar surface area (TPSA) is 79.3 Å². The number of carbonyl (C=O) groups is 2. The van der Waals surface area contributed by atoms with Gasteiger partial charge in [0.15, 0.2) is 5.16 Å². The van der Waals surface area contributed by atoms with Crippen LogP contribution in [0.2, 0.25) is 0 Å². The van der Waals surface area contributed by atoms with Crippen LogP contribution in [-0.2, 0) is 4.79 Å². The van der Waals surface area contributed by atoms with Crippen LogP contribution in [0.1, 0.15) is 35.2 Å². The van der Waals surface area contributed by atoms with Crippen molar-refractivity contribution in [3.63, 3.8) is 0 Å². The van der Waals surface area contributed by atoms with Gasteiger partial charge in [0.05, 0.1) is 17.1 Å². The first-order chi connectivity index (χ1) is 17.8. The van der Waals surface area contributed by atoms with E-state index in [1.807, 2.05) is 23.1 Å². The molecule has 2 aromatic heterocycles. The Morgan fingerprint density at radius 1 is 0.946 bits per heavy atom. The molecule has 0 aliphatic carbocycles. The average Bonchev–Trinajstić information content (AvgIpc) is 3.34. The Bertz CT molecular complexity index is 1320. The lowest BCUT2D eigenvalue weighted by atomic mass is 9.77. The first kappa shape index (κ1) is 25.3. The van der Waals surface area contributed by atoms with Gasteiger partial charge in [-0.25, -0.2) is 18.7 Å². The summed E-state index contributed by atoms with van der Waals surface area (Å²) in [6.45, 7) is 3.62. The summed E-state index contributed by atoms with van der Waals surface area (Å²) in [6, 6.07) is 9.86. The molecule has 2 fully saturated rings. The summed E-state index contributed by atoms with van der Waals surface area (Å²) in [4.78, 5) is 42.3. The van der Waals surface area contributed by atoms with E-state index >= 15 is 0 Å². The normalized spacial score (nSPS) is 16.8. The summed E-state index contributed by atoms with van der Waals surface area (Å²) >= 11 is 1.30. The monoisotopic (exact) mass is 523 g/mol. The zero-order chi connectivity index (χ0) is 26.0. The molecule has 1 spiro atoms. The number of piperidine rings is 1. The quantitative estimate of drug-likeness (QED) is 0.365. The summed E-state index contributed by atoms with van der Waals surface area (Å²) < 4.78 is 28.7. The predicted molar refractivity (Wildman–Crippen MR) is 136 cm³/mol. The van der Waals surface area contributed by atoms with E-state index in [4.69, 9.17) is 0 Å². The van der Waals surface area contributed by atoms with E-state index in [2.05, 4.69) is 15.0 Å². The predicted octanol–water partition coefficient (Wildman–Crippen LogP) is 4.37. The van der Waals surface area contributed by atoms with E-state index in [1.165, 1.54) is 29.7 Å². The fraction of sp³-hybridized carbons (Fsp3) is 0.370. The molecule has 1 aromatic carbocycles. The van der Waals surface area contributed by atoms with Gasteiger partial charge >= 0.3 is 0 Å². The van der Waals surface area contributed by atoms with Crippen LogP contribution in [0.5, 0.6) is 0 Å². The van der Waals surface area contributed by atoms with Gasteiger partial charge < -0.3 is 9.80 Å². The second-order valence-electron chi connectivity index (χ2n) is 9.64. The largest absolute Gasteiger partial charge is 0.341 e. The van der Waals surface area contributed by atoms with E-state index < -0.39 is 23.1 Å². The third-order valence-corrected chi connectivity index (χ3v) is 8.13. The van der Waals surface area contributed by atoms with Crippen LogP contribution in [0.3, 0.4) is 0 Å². The highest BCUT2D eigenvalue weighted by Crippen LogP contribution is 2.41. The molecule has 0 bridgehead atoms. The molecule has 4 heterocycles. The smallest absolute Gasteiger partial charge is 0.259 e. The molecule has 0 N–H and O–H groups in total. The Balaban J connectivity index is 1.15. The van der Waals surface area contributed by atoms with Crippen molar-refractivity contribution in [1.29, 1.82) is 0 Å². The van der Waals surface area contributed by atoms with Gasteiger partial charge in [-0.05, 0) is 61.4 Å². The SMILES string of the molecule is Cc1ccc(F)c(C(=O)N2CCC3(CCN(C(=O)CSc4nccc(-c5ccccn5)n4)C3)CC2)c1F. The number of carbonyl (C=O) groups excluding carboxylic acids is 2. The van der Waals surface area contributed by atoms with Crippen LogP contribution in [-0.4, -0.2) is 68.5 Å². The summed E-state index contributed by atoms with van der Waals surface area (Å²) in [5.74, 6) is -1.98. The molecule has 3 aromatic rings. The number of aromatic nitrogens is 3. The van der Waals surface area contributed by atoms with Gasteiger partial charge in [-0.15, -0.1) is 0 Å². The summed E-state index contributed by atoms with van der Waals surface area (Å²) in [6.07, 6.45) is 5.61. The standard InChI is InChI=1S/C27H27F2N5O2S/c1-18-5-6-19(28)23(24(18)29)25(36)33-13-8-27(9-14-33)10-15-34(17-27)22(35)16-37-26-31-12-7-21(32-26)20-4-2-3-11-30-20/h2-7,11-12H,8-10,13-17H2,1H3. The van der Waals surface area contributed by atoms with Crippen molar-refractivity contribution in [1.82, 2.24) is 24.8 Å². The molecule has 2 aliphatic rings. The van der Waals surface area contributed by atoms with Crippen LogP contribution in [0.4, 0.5) is 8.78 Å². The number of amides is 2. The summed E-state index contributed by atoms with van der Waals surface area (Å²) in [5, 5.41) is 0.521. The molecule has 5 rings (SSSR count). The van der Waals surface area contributed by atoms with Gasteiger partial charge in [-0.2, -0.15) is 0 Å². The van der Waals surface area contributed by atoms with Crippen LogP contribution in [0.25, 0.3) is 11.4 Å². The first-order valence-electron chi connectivity index (χ1n) is 12.2. The van der Waals surface area contributed by atoms with Crippen molar-refractivity contribution < 1.29 is 18.4 Å². The average molecular weight is 524 g/mol. The molecule has 10 heteroatoms. The first-order valence-corrected chi connectivity index (χ1v) is 13.2. The van der Waals surface area contributed by atoms with Gasteiger partial charge in [0.2, 0.25) is 5.91 Å². The molecule has 37 heavy (non-hydrogen) atoms. The lowest BCUT2D eigenvalue weighted by Gasteiger charge is -2.39. The molecule has 0 saturated carbocycles. The molecule has 2 saturated heterocycles. The molecule has 2 aliphatic heterocycles. The minimum absolute atomic E-state index is 0.0242. The van der Waals surface area contributed by atoms with Crippen molar-refractivity contribution in [2.45, 2.75) is 31.3 Å². The fourth-order valence-electron chi connectivity index (χ4n) is 5.04. The molecule has 2 amide bonds. The minimum Gasteiger partial charge on any atom is -0.341 e. The van der Waals surface area contributed by atoms with Gasteiger partial charge in [-0.3, -0.25) is 14.6 Å². The third-order valence-electron chi connectivity index (χ3n) is 7.29. The Morgan fingerprint density at radius 2 is 1.70 bits per heavy atom. The number of pyridine rings is 1. The zero-order valence-corrected chi connectivity index (χ0v) is 21.3. The second kappa shape index (κ2) is 10.5. The van der Waals surface area contributed by atoms with Gasteiger partial charge in [0, 0.05) is 38.6 Å². The number of nitrogens with zero attached hydrogens (tertiary/aromatic N) is 5. The molecule has 0 unspecified atom stereocenters.